The maximum absolute atomic E-state index is 4.86. The van der Waals surface area contributed by atoms with Crippen molar-refractivity contribution in [3.63, 3.8) is 0 Å². The quantitative estimate of drug-likeness (QED) is 0.644. The number of hydrogen-bond acceptors (Lipinski definition) is 3. The molecule has 25 heavy (non-hydrogen) atoms. The molecule has 0 saturated heterocycles. The van der Waals surface area contributed by atoms with E-state index in [9.17, 15) is 0 Å². The van der Waals surface area contributed by atoms with Gasteiger partial charge in [-0.1, -0.05) is 24.3 Å². The molecule has 3 aromatic heterocycles. The van der Waals surface area contributed by atoms with E-state index in [0.29, 0.717) is 11.8 Å². The summed E-state index contributed by atoms with van der Waals surface area (Å²) in [5, 5.41) is 0. The van der Waals surface area contributed by atoms with Gasteiger partial charge in [-0.3, -0.25) is 9.97 Å². The number of fused-ring (bicyclic) bond motifs is 2. The molecule has 0 N–H and O–H groups in total. The van der Waals surface area contributed by atoms with E-state index in [0.717, 1.165) is 28.7 Å². The van der Waals surface area contributed by atoms with Gasteiger partial charge in [0.25, 0.3) is 0 Å². The molecule has 1 fully saturated rings. The molecule has 2 aliphatic carbocycles. The zero-order valence-electron chi connectivity index (χ0n) is 13.9. The molecule has 3 nitrogen and oxygen atoms in total. The molecule has 2 bridgehead atoms. The van der Waals surface area contributed by atoms with Crippen molar-refractivity contribution in [3.8, 4) is 22.8 Å². The van der Waals surface area contributed by atoms with E-state index in [1.54, 1.807) is 0 Å². The summed E-state index contributed by atoms with van der Waals surface area (Å²) in [6, 6.07) is 16.4. The highest BCUT2D eigenvalue weighted by atomic mass is 14.8. The summed E-state index contributed by atoms with van der Waals surface area (Å²) in [5.41, 5.74) is 5.07. The van der Waals surface area contributed by atoms with Gasteiger partial charge in [-0.2, -0.15) is 0 Å². The second-order valence-electron chi connectivity index (χ2n) is 6.99. The fourth-order valence-electron chi connectivity index (χ4n) is 4.22. The average molecular weight is 325 g/mol. The lowest BCUT2D eigenvalue weighted by Gasteiger charge is -2.20. The third kappa shape index (κ3) is 2.66. The van der Waals surface area contributed by atoms with Gasteiger partial charge in [0.2, 0.25) is 0 Å². The minimum Gasteiger partial charge on any atom is -0.255 e. The van der Waals surface area contributed by atoms with Crippen molar-refractivity contribution >= 4 is 0 Å². The summed E-state index contributed by atoms with van der Waals surface area (Å²) in [7, 11) is 0. The van der Waals surface area contributed by atoms with Crippen molar-refractivity contribution in [2.45, 2.75) is 18.8 Å². The third-order valence-corrected chi connectivity index (χ3v) is 5.41. The molecule has 3 heterocycles. The maximum Gasteiger partial charge on any atom is 0.0897 e. The minimum absolute atomic E-state index is 0.586. The van der Waals surface area contributed by atoms with Crippen molar-refractivity contribution in [1.82, 2.24) is 15.0 Å². The van der Waals surface area contributed by atoms with Crippen LogP contribution in [0, 0.1) is 11.8 Å². The van der Waals surface area contributed by atoms with Gasteiger partial charge < -0.3 is 0 Å². The van der Waals surface area contributed by atoms with E-state index in [1.165, 1.54) is 18.4 Å². The first-order valence-electron chi connectivity index (χ1n) is 8.90. The van der Waals surface area contributed by atoms with Crippen LogP contribution in [-0.4, -0.2) is 15.0 Å². The summed E-state index contributed by atoms with van der Waals surface area (Å²) < 4.78 is 0. The second kappa shape index (κ2) is 5.92. The standard InChI is InChI=1S/C22H19N3/c1-3-9-23-19(5-1)21-13-17(18-12-15-7-8-16(18)11-15)14-22(25-21)20-6-2-4-10-24-20/h1-10,13-16,18H,11-12H2/t15-,16+,18-/m0/s1. The van der Waals surface area contributed by atoms with Crippen LogP contribution in [-0.2, 0) is 0 Å². The maximum atomic E-state index is 4.86. The summed E-state index contributed by atoms with van der Waals surface area (Å²) >= 11 is 0. The number of aromatic nitrogens is 3. The Balaban J connectivity index is 1.64. The number of hydrogen-bond donors (Lipinski definition) is 0. The van der Waals surface area contributed by atoms with Crippen LogP contribution >= 0.6 is 0 Å². The van der Waals surface area contributed by atoms with Crippen LogP contribution in [0.1, 0.15) is 24.3 Å². The minimum atomic E-state index is 0.586. The van der Waals surface area contributed by atoms with Crippen molar-refractivity contribution in [3.05, 3.63) is 78.6 Å². The Morgan fingerprint density at radius 3 is 1.88 bits per heavy atom. The Morgan fingerprint density at radius 2 is 1.40 bits per heavy atom. The van der Waals surface area contributed by atoms with Gasteiger partial charge in [0.05, 0.1) is 22.8 Å². The fraction of sp³-hybridized carbons (Fsp3) is 0.227. The summed E-state index contributed by atoms with van der Waals surface area (Å²) in [6.07, 6.45) is 11.0. The fourth-order valence-corrected chi connectivity index (χ4v) is 4.22. The number of allylic oxidation sites excluding steroid dienone is 2. The largest absolute Gasteiger partial charge is 0.255 e. The topological polar surface area (TPSA) is 38.7 Å². The Labute approximate surface area is 147 Å². The van der Waals surface area contributed by atoms with E-state index in [2.05, 4.69) is 34.3 Å². The molecular formula is C22H19N3. The van der Waals surface area contributed by atoms with Crippen molar-refractivity contribution < 1.29 is 0 Å². The number of nitrogens with zero attached hydrogens (tertiary/aromatic N) is 3. The van der Waals surface area contributed by atoms with E-state index in [-0.39, 0.29) is 0 Å². The van der Waals surface area contributed by atoms with E-state index in [4.69, 9.17) is 4.98 Å². The first-order valence-corrected chi connectivity index (χ1v) is 8.90. The number of rotatable bonds is 3. The molecule has 0 aliphatic heterocycles. The highest BCUT2D eigenvalue weighted by Gasteiger charge is 2.36. The molecule has 122 valence electrons. The van der Waals surface area contributed by atoms with Crippen molar-refractivity contribution in [2.24, 2.45) is 11.8 Å². The molecule has 0 radical (unpaired) electrons. The van der Waals surface area contributed by atoms with E-state index >= 15 is 0 Å². The highest BCUT2D eigenvalue weighted by Crippen LogP contribution is 2.49. The lowest BCUT2D eigenvalue weighted by atomic mass is 9.86. The van der Waals surface area contributed by atoms with Gasteiger partial charge in [0.15, 0.2) is 0 Å². The molecule has 1 saturated carbocycles. The third-order valence-electron chi connectivity index (χ3n) is 5.41. The smallest absolute Gasteiger partial charge is 0.0897 e. The Kier molecular flexibility index (Phi) is 3.44. The van der Waals surface area contributed by atoms with Gasteiger partial charge >= 0.3 is 0 Å². The molecule has 0 amide bonds. The Bertz CT molecular complexity index is 861. The van der Waals surface area contributed by atoms with Crippen LogP contribution in [0.3, 0.4) is 0 Å². The van der Waals surface area contributed by atoms with E-state index < -0.39 is 0 Å². The summed E-state index contributed by atoms with van der Waals surface area (Å²) in [5.74, 6) is 2.00. The number of pyridine rings is 3. The van der Waals surface area contributed by atoms with E-state index in [1.807, 2.05) is 48.8 Å². The first kappa shape index (κ1) is 14.5. The zero-order valence-corrected chi connectivity index (χ0v) is 13.9. The van der Waals surface area contributed by atoms with Crippen LogP contribution in [0.2, 0.25) is 0 Å². The molecule has 0 aromatic carbocycles. The van der Waals surface area contributed by atoms with Crippen LogP contribution < -0.4 is 0 Å². The van der Waals surface area contributed by atoms with Crippen LogP contribution in [0.25, 0.3) is 22.8 Å². The summed E-state index contributed by atoms with van der Waals surface area (Å²) in [6.45, 7) is 0. The highest BCUT2D eigenvalue weighted by molar-refractivity contribution is 5.63. The Hall–Kier alpha value is -2.81. The zero-order chi connectivity index (χ0) is 16.6. The van der Waals surface area contributed by atoms with Gasteiger partial charge in [-0.15, -0.1) is 0 Å². The lowest BCUT2D eigenvalue weighted by molar-refractivity contribution is 0.585. The predicted octanol–water partition coefficient (Wildman–Crippen LogP) is 4.89. The molecule has 0 unspecified atom stereocenters. The van der Waals surface area contributed by atoms with Crippen LogP contribution in [0.15, 0.2) is 73.1 Å². The van der Waals surface area contributed by atoms with Crippen molar-refractivity contribution in [2.75, 3.05) is 0 Å². The monoisotopic (exact) mass is 325 g/mol. The normalized spacial score (nSPS) is 23.9. The lowest BCUT2D eigenvalue weighted by Crippen LogP contribution is -2.06. The van der Waals surface area contributed by atoms with Gasteiger partial charge in [0, 0.05) is 12.4 Å². The molecule has 3 aromatic rings. The average Bonchev–Trinajstić information content (AvgIpc) is 3.33. The SMILES string of the molecule is C1=C[C@@H]2C[C@H]1C[C@@H]2c1cc(-c2ccccn2)nc(-c2ccccn2)c1. The Morgan fingerprint density at radius 1 is 0.720 bits per heavy atom. The molecule has 2 aliphatic rings. The second-order valence-corrected chi connectivity index (χ2v) is 6.99. The molecular weight excluding hydrogens is 306 g/mol. The molecule has 5 rings (SSSR count). The van der Waals surface area contributed by atoms with Crippen LogP contribution in [0.5, 0.6) is 0 Å². The van der Waals surface area contributed by atoms with Crippen LogP contribution in [0.4, 0.5) is 0 Å². The summed E-state index contributed by atoms with van der Waals surface area (Å²) in [4.78, 5) is 13.9. The molecule has 3 heteroatoms. The predicted molar refractivity (Wildman–Crippen MR) is 98.8 cm³/mol. The first-order chi connectivity index (χ1) is 12.4. The van der Waals surface area contributed by atoms with Crippen molar-refractivity contribution in [1.29, 1.82) is 0 Å². The molecule has 0 spiro atoms. The molecule has 3 atom stereocenters. The van der Waals surface area contributed by atoms with Gasteiger partial charge in [0.1, 0.15) is 0 Å². The van der Waals surface area contributed by atoms with Gasteiger partial charge in [-0.25, -0.2) is 4.98 Å². The van der Waals surface area contributed by atoms with Gasteiger partial charge in [-0.05, 0) is 72.6 Å².